The molecule has 4 rings (SSSR count). The van der Waals surface area contributed by atoms with E-state index in [1.165, 1.54) is 19.3 Å². The molecule has 4 aliphatic carbocycles. The lowest BCUT2D eigenvalue weighted by Gasteiger charge is -2.58. The number of hydrogen-bond donors (Lipinski definition) is 1. The SMILES string of the molecule is CN[C@]12CC3C[C@H](C1)C(F)[C@@H](C3)C2. The minimum absolute atomic E-state index is 0.332. The predicted molar refractivity (Wildman–Crippen MR) is 50.2 cm³/mol. The number of alkyl halides is 1. The van der Waals surface area contributed by atoms with Gasteiger partial charge in [-0.25, -0.2) is 4.39 Å². The van der Waals surface area contributed by atoms with Crippen LogP contribution in [0.3, 0.4) is 0 Å². The molecule has 74 valence electrons. The van der Waals surface area contributed by atoms with Crippen LogP contribution in [0.1, 0.15) is 32.1 Å². The van der Waals surface area contributed by atoms with Crippen LogP contribution in [0, 0.1) is 17.8 Å². The second-order valence-corrected chi connectivity index (χ2v) is 5.44. The molecule has 2 unspecified atom stereocenters. The van der Waals surface area contributed by atoms with Gasteiger partial charge in [0.25, 0.3) is 0 Å². The third kappa shape index (κ3) is 1.01. The molecule has 0 saturated heterocycles. The number of halogens is 1. The fourth-order valence-electron chi connectivity index (χ4n) is 4.27. The second-order valence-electron chi connectivity index (χ2n) is 5.44. The predicted octanol–water partition coefficient (Wildman–Crippen LogP) is 2.12. The zero-order valence-corrected chi connectivity index (χ0v) is 8.22. The first-order valence-electron chi connectivity index (χ1n) is 5.55. The Hall–Kier alpha value is -0.110. The van der Waals surface area contributed by atoms with E-state index in [-0.39, 0.29) is 0 Å². The maximum atomic E-state index is 13.8. The fourth-order valence-corrected chi connectivity index (χ4v) is 4.27. The zero-order chi connectivity index (χ0) is 9.05. The molecule has 0 heterocycles. The summed E-state index contributed by atoms with van der Waals surface area (Å²) in [5, 5.41) is 3.46. The zero-order valence-electron chi connectivity index (χ0n) is 8.22. The van der Waals surface area contributed by atoms with E-state index in [1.807, 2.05) is 0 Å². The molecule has 4 bridgehead atoms. The average Bonchev–Trinajstić information content (AvgIpc) is 2.13. The highest BCUT2D eigenvalue weighted by atomic mass is 19.1. The highest BCUT2D eigenvalue weighted by molar-refractivity contribution is 5.09. The summed E-state index contributed by atoms with van der Waals surface area (Å²) < 4.78 is 13.8. The minimum atomic E-state index is -0.474. The summed E-state index contributed by atoms with van der Waals surface area (Å²) in [5.41, 5.74) is 0.332. The van der Waals surface area contributed by atoms with E-state index in [9.17, 15) is 4.39 Å². The largest absolute Gasteiger partial charge is 0.314 e. The lowest BCUT2D eigenvalue weighted by molar-refractivity contribution is -0.0759. The number of hydrogen-bond acceptors (Lipinski definition) is 1. The standard InChI is InChI=1S/C11H18FN/c1-13-11-4-7-2-8(5-11)10(12)9(3-7)6-11/h7-10,13H,2-6H2,1H3/t7?,8-,9+,10?,11-. The van der Waals surface area contributed by atoms with E-state index in [2.05, 4.69) is 12.4 Å². The molecule has 2 heteroatoms. The van der Waals surface area contributed by atoms with Crippen LogP contribution in [0.25, 0.3) is 0 Å². The first kappa shape index (κ1) is 8.22. The molecule has 0 aliphatic heterocycles. The van der Waals surface area contributed by atoms with Crippen LogP contribution in [0.5, 0.6) is 0 Å². The maximum Gasteiger partial charge on any atom is 0.106 e. The Bertz CT molecular complexity index is 212. The summed E-state index contributed by atoms with van der Waals surface area (Å²) in [6, 6.07) is 0. The molecule has 1 nitrogen and oxygen atoms in total. The molecule has 0 radical (unpaired) electrons. The Kier molecular flexibility index (Phi) is 1.56. The van der Waals surface area contributed by atoms with E-state index in [1.54, 1.807) is 0 Å². The Balaban J connectivity index is 1.92. The third-order valence-electron chi connectivity index (χ3n) is 4.69. The lowest BCUT2D eigenvalue weighted by atomic mass is 9.52. The molecule has 4 aliphatic rings. The Labute approximate surface area is 79.1 Å². The van der Waals surface area contributed by atoms with Gasteiger partial charge in [0.2, 0.25) is 0 Å². The minimum Gasteiger partial charge on any atom is -0.314 e. The first-order valence-corrected chi connectivity index (χ1v) is 5.55. The number of rotatable bonds is 1. The van der Waals surface area contributed by atoms with Crippen LogP contribution in [0.2, 0.25) is 0 Å². The molecular formula is C11H18FN. The summed E-state index contributed by atoms with van der Waals surface area (Å²) in [4.78, 5) is 0. The van der Waals surface area contributed by atoms with Crippen LogP contribution < -0.4 is 5.32 Å². The molecule has 0 aromatic carbocycles. The van der Waals surface area contributed by atoms with Crippen molar-refractivity contribution >= 4 is 0 Å². The van der Waals surface area contributed by atoms with E-state index >= 15 is 0 Å². The Morgan fingerprint density at radius 1 is 1.15 bits per heavy atom. The topological polar surface area (TPSA) is 12.0 Å². The van der Waals surface area contributed by atoms with Crippen molar-refractivity contribution in [3.05, 3.63) is 0 Å². The Morgan fingerprint density at radius 2 is 1.77 bits per heavy atom. The summed E-state index contributed by atoms with van der Waals surface area (Å²) in [5.74, 6) is 1.61. The van der Waals surface area contributed by atoms with Crippen LogP contribution >= 0.6 is 0 Å². The summed E-state index contributed by atoms with van der Waals surface area (Å²) >= 11 is 0. The highest BCUT2D eigenvalue weighted by Crippen LogP contribution is 2.56. The van der Waals surface area contributed by atoms with Gasteiger partial charge in [-0.2, -0.15) is 0 Å². The fraction of sp³-hybridized carbons (Fsp3) is 1.00. The van der Waals surface area contributed by atoms with Gasteiger partial charge in [0.05, 0.1) is 0 Å². The molecule has 4 saturated carbocycles. The number of nitrogens with one attached hydrogen (secondary N) is 1. The van der Waals surface area contributed by atoms with Gasteiger partial charge in [-0.15, -0.1) is 0 Å². The normalized spacial score (nSPS) is 58.6. The van der Waals surface area contributed by atoms with Gasteiger partial charge in [-0.3, -0.25) is 0 Å². The van der Waals surface area contributed by atoms with Crippen molar-refractivity contribution in [2.24, 2.45) is 17.8 Å². The van der Waals surface area contributed by atoms with Crippen molar-refractivity contribution in [1.82, 2.24) is 5.32 Å². The van der Waals surface area contributed by atoms with Crippen LogP contribution in [0.4, 0.5) is 4.39 Å². The van der Waals surface area contributed by atoms with Gasteiger partial charge in [0.15, 0.2) is 0 Å². The van der Waals surface area contributed by atoms with Gasteiger partial charge in [-0.1, -0.05) is 0 Å². The highest BCUT2D eigenvalue weighted by Gasteiger charge is 2.55. The van der Waals surface area contributed by atoms with Gasteiger partial charge in [0, 0.05) is 5.54 Å². The van der Waals surface area contributed by atoms with Crippen molar-refractivity contribution in [1.29, 1.82) is 0 Å². The van der Waals surface area contributed by atoms with E-state index in [0.29, 0.717) is 17.4 Å². The molecule has 1 N–H and O–H groups in total. The maximum absolute atomic E-state index is 13.8. The van der Waals surface area contributed by atoms with Crippen molar-refractivity contribution in [2.45, 2.75) is 43.8 Å². The first-order chi connectivity index (χ1) is 6.22. The second kappa shape index (κ2) is 2.47. The molecule has 0 amide bonds. The van der Waals surface area contributed by atoms with Crippen molar-refractivity contribution in [2.75, 3.05) is 7.05 Å². The van der Waals surface area contributed by atoms with Crippen LogP contribution in [-0.2, 0) is 0 Å². The summed E-state index contributed by atoms with van der Waals surface area (Å²) in [6.45, 7) is 0. The van der Waals surface area contributed by atoms with Crippen molar-refractivity contribution in [3.63, 3.8) is 0 Å². The van der Waals surface area contributed by atoms with Gasteiger partial charge in [-0.05, 0) is 56.9 Å². The summed E-state index contributed by atoms with van der Waals surface area (Å²) in [7, 11) is 2.06. The van der Waals surface area contributed by atoms with Gasteiger partial charge >= 0.3 is 0 Å². The van der Waals surface area contributed by atoms with Crippen molar-refractivity contribution in [3.8, 4) is 0 Å². The quantitative estimate of drug-likeness (QED) is 0.656. The molecule has 5 atom stereocenters. The summed E-state index contributed by atoms with van der Waals surface area (Å²) in [6.07, 6.45) is 5.36. The molecule has 4 fully saturated rings. The van der Waals surface area contributed by atoms with Crippen molar-refractivity contribution < 1.29 is 4.39 Å². The van der Waals surface area contributed by atoms with E-state index < -0.39 is 6.17 Å². The third-order valence-corrected chi connectivity index (χ3v) is 4.69. The monoisotopic (exact) mass is 183 g/mol. The smallest absolute Gasteiger partial charge is 0.106 e. The molecule has 0 aromatic heterocycles. The lowest BCUT2D eigenvalue weighted by Crippen LogP contribution is -2.61. The van der Waals surface area contributed by atoms with E-state index in [4.69, 9.17) is 0 Å². The molecule has 13 heavy (non-hydrogen) atoms. The molecule has 0 aromatic rings. The van der Waals surface area contributed by atoms with Crippen LogP contribution in [0.15, 0.2) is 0 Å². The van der Waals surface area contributed by atoms with E-state index in [0.717, 1.165) is 18.8 Å². The average molecular weight is 183 g/mol. The molecule has 0 spiro atoms. The van der Waals surface area contributed by atoms with Gasteiger partial charge in [0.1, 0.15) is 6.17 Å². The Morgan fingerprint density at radius 3 is 2.31 bits per heavy atom. The molecular weight excluding hydrogens is 165 g/mol. The van der Waals surface area contributed by atoms with Gasteiger partial charge < -0.3 is 5.32 Å². The van der Waals surface area contributed by atoms with Crippen LogP contribution in [-0.4, -0.2) is 18.8 Å².